The highest BCUT2D eigenvalue weighted by Gasteiger charge is 2.46. The fourth-order valence-electron chi connectivity index (χ4n) is 2.94. The van der Waals surface area contributed by atoms with E-state index in [1.165, 1.54) is 7.11 Å². The van der Waals surface area contributed by atoms with Crippen LogP contribution in [0.4, 0.5) is 0 Å². The van der Waals surface area contributed by atoms with Crippen molar-refractivity contribution < 1.29 is 9.53 Å². The van der Waals surface area contributed by atoms with Gasteiger partial charge in [0.05, 0.1) is 29.6 Å². The Morgan fingerprint density at radius 2 is 2.26 bits per heavy atom. The van der Waals surface area contributed by atoms with Crippen molar-refractivity contribution in [2.75, 3.05) is 14.2 Å². The topological polar surface area (TPSA) is 56.1 Å². The lowest BCUT2D eigenvalue weighted by atomic mass is 9.98. The first-order chi connectivity index (χ1) is 8.95. The number of hydrogen-bond donors (Lipinski definition) is 1. The number of aryl methyl sites for hydroxylation is 1. The Hall–Kier alpha value is -1.07. The molecule has 0 spiro atoms. The maximum atomic E-state index is 12.0. The van der Waals surface area contributed by atoms with Crippen LogP contribution in [0.15, 0.2) is 0 Å². The van der Waals surface area contributed by atoms with Crippen molar-refractivity contribution in [2.24, 2.45) is 0 Å². The van der Waals surface area contributed by atoms with E-state index in [0.717, 1.165) is 24.2 Å². The van der Waals surface area contributed by atoms with E-state index in [9.17, 15) is 4.79 Å². The molecule has 2 unspecified atom stereocenters. The Balaban J connectivity index is 2.26. The lowest BCUT2D eigenvalue weighted by molar-refractivity contribution is -0.148. The van der Waals surface area contributed by atoms with Crippen LogP contribution in [0.5, 0.6) is 0 Å². The zero-order chi connectivity index (χ0) is 14.2. The van der Waals surface area contributed by atoms with Crippen LogP contribution >= 0.6 is 11.6 Å². The molecule has 0 bridgehead atoms. The monoisotopic (exact) mass is 285 g/mol. The van der Waals surface area contributed by atoms with Crippen molar-refractivity contribution in [3.63, 3.8) is 0 Å². The molecule has 1 N–H and O–H groups in total. The van der Waals surface area contributed by atoms with E-state index < -0.39 is 5.54 Å². The van der Waals surface area contributed by atoms with E-state index in [2.05, 4.69) is 10.4 Å². The molecule has 0 aliphatic heterocycles. The van der Waals surface area contributed by atoms with Crippen LogP contribution in [0.1, 0.15) is 36.7 Å². The SMILES string of the molecule is CNC1(C(=O)OC)CCC(n2nc(C)c(Cl)c2C)C1. The molecule has 1 aliphatic rings. The minimum absolute atomic E-state index is 0.178. The van der Waals surface area contributed by atoms with Gasteiger partial charge in [-0.15, -0.1) is 0 Å². The van der Waals surface area contributed by atoms with E-state index in [1.54, 1.807) is 7.05 Å². The van der Waals surface area contributed by atoms with Crippen LogP contribution in [0.25, 0.3) is 0 Å². The Labute approximate surface area is 118 Å². The van der Waals surface area contributed by atoms with E-state index in [-0.39, 0.29) is 12.0 Å². The summed E-state index contributed by atoms with van der Waals surface area (Å²) in [6.45, 7) is 3.85. The van der Waals surface area contributed by atoms with Gasteiger partial charge < -0.3 is 10.1 Å². The molecule has 2 rings (SSSR count). The molecule has 1 aliphatic carbocycles. The van der Waals surface area contributed by atoms with Crippen molar-refractivity contribution in [3.05, 3.63) is 16.4 Å². The second-order valence-corrected chi connectivity index (χ2v) is 5.53. The smallest absolute Gasteiger partial charge is 0.326 e. The van der Waals surface area contributed by atoms with Crippen LogP contribution in [-0.2, 0) is 9.53 Å². The van der Waals surface area contributed by atoms with E-state index in [4.69, 9.17) is 16.3 Å². The Bertz CT molecular complexity index is 500. The summed E-state index contributed by atoms with van der Waals surface area (Å²) in [4.78, 5) is 12.0. The van der Waals surface area contributed by atoms with Gasteiger partial charge in [0, 0.05) is 0 Å². The van der Waals surface area contributed by atoms with E-state index in [0.29, 0.717) is 11.4 Å². The molecule has 0 aromatic carbocycles. The number of halogens is 1. The largest absolute Gasteiger partial charge is 0.468 e. The molecule has 1 aromatic heterocycles. The van der Waals surface area contributed by atoms with Gasteiger partial charge >= 0.3 is 5.97 Å². The molecule has 2 atom stereocenters. The number of hydrogen-bond acceptors (Lipinski definition) is 4. The zero-order valence-corrected chi connectivity index (χ0v) is 12.5. The molecule has 1 saturated carbocycles. The summed E-state index contributed by atoms with van der Waals surface area (Å²) >= 11 is 6.18. The van der Waals surface area contributed by atoms with Crippen LogP contribution in [0.2, 0.25) is 5.02 Å². The molecule has 1 aromatic rings. The predicted molar refractivity (Wildman–Crippen MR) is 73.4 cm³/mol. The Morgan fingerprint density at radius 3 is 2.74 bits per heavy atom. The minimum atomic E-state index is -0.599. The highest BCUT2D eigenvalue weighted by atomic mass is 35.5. The first kappa shape index (κ1) is 14.3. The van der Waals surface area contributed by atoms with Gasteiger partial charge in [0.15, 0.2) is 0 Å². The summed E-state index contributed by atoms with van der Waals surface area (Å²) in [5.41, 5.74) is 1.19. The van der Waals surface area contributed by atoms with Gasteiger partial charge in [-0.1, -0.05) is 11.6 Å². The van der Waals surface area contributed by atoms with E-state index >= 15 is 0 Å². The third-order valence-electron chi connectivity index (χ3n) is 4.13. The summed E-state index contributed by atoms with van der Waals surface area (Å²) in [5.74, 6) is -0.204. The Morgan fingerprint density at radius 1 is 1.58 bits per heavy atom. The maximum Gasteiger partial charge on any atom is 0.326 e. The second kappa shape index (κ2) is 5.13. The standard InChI is InChI=1S/C13H20ClN3O2/c1-8-11(14)9(2)17(16-8)10-5-6-13(7-10,15-3)12(18)19-4/h10,15H,5-7H2,1-4H3. The number of ether oxygens (including phenoxy) is 1. The molecular formula is C13H20ClN3O2. The molecule has 1 fully saturated rings. The molecule has 0 radical (unpaired) electrons. The van der Waals surface area contributed by atoms with Crippen LogP contribution in [0.3, 0.4) is 0 Å². The van der Waals surface area contributed by atoms with Gasteiger partial charge in [-0.05, 0) is 40.2 Å². The molecule has 0 saturated heterocycles. The molecule has 6 heteroatoms. The number of aromatic nitrogens is 2. The molecular weight excluding hydrogens is 266 g/mol. The summed E-state index contributed by atoms with van der Waals surface area (Å²) in [7, 11) is 3.22. The zero-order valence-electron chi connectivity index (χ0n) is 11.8. The molecule has 1 heterocycles. The molecule has 5 nitrogen and oxygen atoms in total. The summed E-state index contributed by atoms with van der Waals surface area (Å²) in [6.07, 6.45) is 2.31. The molecule has 19 heavy (non-hydrogen) atoms. The van der Waals surface area contributed by atoms with Crippen LogP contribution in [-0.4, -0.2) is 35.4 Å². The van der Waals surface area contributed by atoms with E-state index in [1.807, 2.05) is 18.5 Å². The number of carbonyl (C=O) groups excluding carboxylic acids is 1. The number of methoxy groups -OCH3 is 1. The third-order valence-corrected chi connectivity index (χ3v) is 4.67. The van der Waals surface area contributed by atoms with Crippen molar-refractivity contribution in [2.45, 2.75) is 44.7 Å². The van der Waals surface area contributed by atoms with Crippen molar-refractivity contribution >= 4 is 17.6 Å². The first-order valence-electron chi connectivity index (χ1n) is 6.43. The quantitative estimate of drug-likeness (QED) is 0.863. The Kier molecular flexibility index (Phi) is 3.87. The average Bonchev–Trinajstić information content (AvgIpc) is 2.96. The normalized spacial score (nSPS) is 26.7. The van der Waals surface area contributed by atoms with Crippen LogP contribution < -0.4 is 5.32 Å². The number of nitrogens with zero attached hydrogens (tertiary/aromatic N) is 2. The lowest BCUT2D eigenvalue weighted by Crippen LogP contribution is -2.49. The van der Waals surface area contributed by atoms with Gasteiger partial charge in [-0.25, -0.2) is 0 Å². The number of likely N-dealkylation sites (N-methyl/N-ethyl adjacent to an activating group) is 1. The van der Waals surface area contributed by atoms with Crippen molar-refractivity contribution in [1.82, 2.24) is 15.1 Å². The fraction of sp³-hybridized carbons (Fsp3) is 0.692. The maximum absolute atomic E-state index is 12.0. The predicted octanol–water partition coefficient (Wildman–Crippen LogP) is 2.01. The van der Waals surface area contributed by atoms with Gasteiger partial charge in [0.2, 0.25) is 0 Å². The molecule has 0 amide bonds. The van der Waals surface area contributed by atoms with Gasteiger partial charge in [-0.3, -0.25) is 9.48 Å². The van der Waals surface area contributed by atoms with Gasteiger partial charge in [-0.2, -0.15) is 5.10 Å². The lowest BCUT2D eigenvalue weighted by Gasteiger charge is -2.25. The number of rotatable bonds is 3. The fourth-order valence-corrected chi connectivity index (χ4v) is 3.06. The van der Waals surface area contributed by atoms with Crippen molar-refractivity contribution in [3.8, 4) is 0 Å². The van der Waals surface area contributed by atoms with Crippen molar-refractivity contribution in [1.29, 1.82) is 0 Å². The summed E-state index contributed by atoms with van der Waals surface area (Å²) in [5, 5.41) is 8.31. The average molecular weight is 286 g/mol. The van der Waals surface area contributed by atoms with Crippen LogP contribution in [0, 0.1) is 13.8 Å². The second-order valence-electron chi connectivity index (χ2n) is 5.15. The van der Waals surface area contributed by atoms with Gasteiger partial charge in [0.25, 0.3) is 0 Å². The number of carbonyl (C=O) groups is 1. The number of esters is 1. The first-order valence-corrected chi connectivity index (χ1v) is 6.81. The summed E-state index contributed by atoms with van der Waals surface area (Å²) in [6, 6.07) is 0.178. The minimum Gasteiger partial charge on any atom is -0.468 e. The van der Waals surface area contributed by atoms with Gasteiger partial charge in [0.1, 0.15) is 5.54 Å². The third kappa shape index (κ3) is 2.25. The molecule has 106 valence electrons. The highest BCUT2D eigenvalue weighted by molar-refractivity contribution is 6.31. The highest BCUT2D eigenvalue weighted by Crippen LogP contribution is 2.39. The number of nitrogens with one attached hydrogen (secondary N) is 1. The summed E-state index contributed by atoms with van der Waals surface area (Å²) < 4.78 is 6.86.